The maximum absolute atomic E-state index is 12.7. The van der Waals surface area contributed by atoms with E-state index < -0.39 is 0 Å². The summed E-state index contributed by atoms with van der Waals surface area (Å²) >= 11 is 2.88. The largest absolute Gasteiger partial charge is 0.467 e. The molecular weight excluding hydrogens is 442 g/mol. The zero-order chi connectivity index (χ0) is 22.7. The van der Waals surface area contributed by atoms with Crippen molar-refractivity contribution in [1.29, 1.82) is 5.26 Å². The molecule has 32 heavy (non-hydrogen) atoms. The first-order valence-electron chi connectivity index (χ1n) is 10.8. The predicted molar refractivity (Wildman–Crippen MR) is 126 cm³/mol. The molecule has 0 bridgehead atoms. The summed E-state index contributed by atoms with van der Waals surface area (Å²) in [6, 6.07) is 6.05. The molecule has 0 aliphatic heterocycles. The van der Waals surface area contributed by atoms with Crippen LogP contribution < -0.4 is 5.32 Å². The summed E-state index contributed by atoms with van der Waals surface area (Å²) in [7, 11) is 0. The van der Waals surface area contributed by atoms with E-state index in [1.54, 1.807) is 23.9 Å². The Hall–Kier alpha value is -2.57. The number of furan rings is 1. The van der Waals surface area contributed by atoms with Crippen molar-refractivity contribution in [2.75, 3.05) is 11.1 Å². The summed E-state index contributed by atoms with van der Waals surface area (Å²) in [6.07, 6.45) is 7.36. The van der Waals surface area contributed by atoms with Crippen molar-refractivity contribution in [3.63, 3.8) is 0 Å². The topological polar surface area (TPSA) is 96.7 Å². The van der Waals surface area contributed by atoms with E-state index in [0.29, 0.717) is 28.2 Å². The number of amides is 1. The van der Waals surface area contributed by atoms with Gasteiger partial charge in [0.25, 0.3) is 0 Å². The lowest BCUT2D eigenvalue weighted by molar-refractivity contribution is -0.113. The van der Waals surface area contributed by atoms with Crippen LogP contribution in [0.2, 0.25) is 0 Å². The number of aromatic nitrogens is 3. The third kappa shape index (κ3) is 4.76. The summed E-state index contributed by atoms with van der Waals surface area (Å²) in [5.41, 5.74) is 2.04. The monoisotopic (exact) mass is 469 g/mol. The fourth-order valence-electron chi connectivity index (χ4n) is 4.08. The van der Waals surface area contributed by atoms with E-state index in [-0.39, 0.29) is 17.1 Å². The second kappa shape index (κ2) is 9.51. The van der Waals surface area contributed by atoms with Crippen LogP contribution in [0.25, 0.3) is 0 Å². The average molecular weight is 470 g/mol. The highest BCUT2D eigenvalue weighted by atomic mass is 32.2. The molecule has 9 heteroatoms. The van der Waals surface area contributed by atoms with Crippen LogP contribution in [0.1, 0.15) is 55.4 Å². The second-order valence-electron chi connectivity index (χ2n) is 8.76. The Balaban J connectivity index is 1.41. The van der Waals surface area contributed by atoms with Crippen LogP contribution in [0.15, 0.2) is 34.3 Å². The summed E-state index contributed by atoms with van der Waals surface area (Å²) in [5.74, 6) is 1.44. The van der Waals surface area contributed by atoms with Crippen molar-refractivity contribution in [3.8, 4) is 6.07 Å². The molecule has 168 valence electrons. The number of anilines is 1. The number of rotatable bonds is 8. The van der Waals surface area contributed by atoms with Gasteiger partial charge in [0.2, 0.25) is 5.91 Å². The Bertz CT molecular complexity index is 1120. The van der Waals surface area contributed by atoms with Gasteiger partial charge in [-0.3, -0.25) is 4.79 Å². The third-order valence-electron chi connectivity index (χ3n) is 6.47. The van der Waals surface area contributed by atoms with Gasteiger partial charge in [0.1, 0.15) is 23.2 Å². The van der Waals surface area contributed by atoms with Crippen LogP contribution in [0.3, 0.4) is 0 Å². The van der Waals surface area contributed by atoms with E-state index in [0.717, 1.165) is 37.0 Å². The fraction of sp³-hybridized carbons (Fsp3) is 0.478. The third-order valence-corrected chi connectivity index (χ3v) is 8.62. The van der Waals surface area contributed by atoms with E-state index in [4.69, 9.17) is 4.42 Å². The number of carbonyl (C=O) groups excluding carboxylic acids is 1. The van der Waals surface area contributed by atoms with Crippen LogP contribution in [-0.2, 0) is 24.2 Å². The molecule has 3 aromatic rings. The van der Waals surface area contributed by atoms with E-state index in [2.05, 4.69) is 42.4 Å². The number of nitrogens with one attached hydrogen (secondary N) is 1. The van der Waals surface area contributed by atoms with Crippen molar-refractivity contribution in [3.05, 3.63) is 46.5 Å². The van der Waals surface area contributed by atoms with Gasteiger partial charge >= 0.3 is 0 Å². The van der Waals surface area contributed by atoms with Gasteiger partial charge in [-0.25, -0.2) is 0 Å². The Morgan fingerprint density at radius 2 is 2.34 bits per heavy atom. The molecule has 0 spiro atoms. The van der Waals surface area contributed by atoms with E-state index >= 15 is 0 Å². The minimum absolute atomic E-state index is 0.150. The molecule has 0 saturated carbocycles. The molecule has 3 aromatic heterocycles. The van der Waals surface area contributed by atoms with Gasteiger partial charge in [-0.05, 0) is 48.3 Å². The molecular formula is C23H27N5O2S2. The predicted octanol–water partition coefficient (Wildman–Crippen LogP) is 5.12. The molecule has 1 unspecified atom stereocenters. The van der Waals surface area contributed by atoms with Gasteiger partial charge in [0.05, 0.1) is 24.1 Å². The lowest BCUT2D eigenvalue weighted by Crippen LogP contribution is -2.28. The van der Waals surface area contributed by atoms with Crippen LogP contribution in [-0.4, -0.2) is 26.4 Å². The smallest absolute Gasteiger partial charge is 0.235 e. The quantitative estimate of drug-likeness (QED) is 0.460. The van der Waals surface area contributed by atoms with Crippen molar-refractivity contribution in [1.82, 2.24) is 14.8 Å². The molecule has 3 heterocycles. The standard InChI is InChI=1S/C23H27N5O2S2/c1-4-23(2,3)15-7-8-17-18(11-24)21(32-19(17)10-15)26-20(29)13-31-22-27-25-14-28(22)12-16-6-5-9-30-16/h5-6,9,14-15H,4,7-8,10,12-13H2,1-3H3,(H,26,29). The number of thioether (sulfide) groups is 1. The highest BCUT2D eigenvalue weighted by molar-refractivity contribution is 7.99. The number of carbonyl (C=O) groups is 1. The molecule has 0 radical (unpaired) electrons. The minimum Gasteiger partial charge on any atom is -0.467 e. The Morgan fingerprint density at radius 1 is 1.50 bits per heavy atom. The van der Waals surface area contributed by atoms with Crippen LogP contribution in [0, 0.1) is 22.7 Å². The highest BCUT2D eigenvalue weighted by Crippen LogP contribution is 2.45. The Kier molecular flexibility index (Phi) is 6.72. The Labute approximate surface area is 196 Å². The van der Waals surface area contributed by atoms with Gasteiger partial charge in [-0.1, -0.05) is 39.0 Å². The zero-order valence-electron chi connectivity index (χ0n) is 18.6. The fourth-order valence-corrected chi connectivity index (χ4v) is 6.08. The molecule has 1 amide bonds. The number of hydrogen-bond acceptors (Lipinski definition) is 7. The maximum Gasteiger partial charge on any atom is 0.235 e. The number of nitrogens with zero attached hydrogens (tertiary/aromatic N) is 4. The van der Waals surface area contributed by atoms with Gasteiger partial charge in [-0.2, -0.15) is 5.26 Å². The lowest BCUT2D eigenvalue weighted by Gasteiger charge is -2.36. The maximum atomic E-state index is 12.7. The first kappa shape index (κ1) is 22.6. The van der Waals surface area contributed by atoms with E-state index in [9.17, 15) is 10.1 Å². The van der Waals surface area contributed by atoms with Gasteiger partial charge < -0.3 is 14.3 Å². The number of fused-ring (bicyclic) bond motifs is 1. The van der Waals surface area contributed by atoms with Gasteiger partial charge in [0.15, 0.2) is 5.16 Å². The first-order chi connectivity index (χ1) is 15.4. The van der Waals surface area contributed by atoms with Crippen molar-refractivity contribution >= 4 is 34.0 Å². The highest BCUT2D eigenvalue weighted by Gasteiger charge is 2.34. The number of thiophene rings is 1. The van der Waals surface area contributed by atoms with Crippen molar-refractivity contribution in [2.45, 2.75) is 58.2 Å². The second-order valence-corrected chi connectivity index (χ2v) is 10.8. The molecule has 1 N–H and O–H groups in total. The minimum atomic E-state index is -0.150. The molecule has 1 atom stereocenters. The summed E-state index contributed by atoms with van der Waals surface area (Å²) in [5, 5.41) is 22.1. The van der Waals surface area contributed by atoms with Crippen molar-refractivity contribution in [2.24, 2.45) is 11.3 Å². The van der Waals surface area contributed by atoms with Crippen molar-refractivity contribution < 1.29 is 9.21 Å². The molecule has 1 aliphatic rings. The SMILES string of the molecule is CCC(C)(C)C1CCc2c(sc(NC(=O)CSc3nncn3Cc3ccco3)c2C#N)C1. The molecule has 0 aromatic carbocycles. The van der Waals surface area contributed by atoms with Crippen LogP contribution in [0.5, 0.6) is 0 Å². The molecule has 7 nitrogen and oxygen atoms in total. The molecule has 0 fully saturated rings. The summed E-state index contributed by atoms with van der Waals surface area (Å²) in [4.78, 5) is 13.9. The average Bonchev–Trinajstić information content (AvgIpc) is 3.52. The molecule has 1 aliphatic carbocycles. The van der Waals surface area contributed by atoms with Gasteiger partial charge in [-0.15, -0.1) is 21.5 Å². The number of nitriles is 1. The summed E-state index contributed by atoms with van der Waals surface area (Å²) in [6.45, 7) is 7.40. The van der Waals surface area contributed by atoms with Crippen LogP contribution >= 0.6 is 23.1 Å². The van der Waals surface area contributed by atoms with E-state index in [1.807, 2.05) is 16.7 Å². The summed E-state index contributed by atoms with van der Waals surface area (Å²) < 4.78 is 7.22. The number of hydrogen-bond donors (Lipinski definition) is 1. The van der Waals surface area contributed by atoms with E-state index in [1.165, 1.54) is 16.6 Å². The lowest BCUT2D eigenvalue weighted by atomic mass is 9.69. The zero-order valence-corrected chi connectivity index (χ0v) is 20.2. The van der Waals surface area contributed by atoms with Gasteiger partial charge in [0, 0.05) is 4.88 Å². The molecule has 0 saturated heterocycles. The Morgan fingerprint density at radius 3 is 3.06 bits per heavy atom. The van der Waals surface area contributed by atoms with Crippen LogP contribution in [0.4, 0.5) is 5.00 Å². The first-order valence-corrected chi connectivity index (χ1v) is 12.6. The molecule has 4 rings (SSSR count). The normalized spacial score (nSPS) is 15.9.